The largest absolute Gasteiger partial charge is 0.310 e. The van der Waals surface area contributed by atoms with E-state index in [1.54, 1.807) is 0 Å². The zero-order valence-electron chi connectivity index (χ0n) is 11.1. The lowest BCUT2D eigenvalue weighted by molar-refractivity contribution is 0.155. The minimum Gasteiger partial charge on any atom is -0.310 e. The van der Waals surface area contributed by atoms with E-state index in [4.69, 9.17) is 0 Å². The van der Waals surface area contributed by atoms with Crippen LogP contribution in [0.4, 0.5) is 0 Å². The van der Waals surface area contributed by atoms with Gasteiger partial charge in [-0.25, -0.2) is 0 Å². The van der Waals surface area contributed by atoms with E-state index in [9.17, 15) is 0 Å². The molecule has 0 aromatic heterocycles. The first-order chi connectivity index (χ1) is 7.67. The van der Waals surface area contributed by atoms with Crippen LogP contribution in [0.15, 0.2) is 0 Å². The Balaban J connectivity index is 1.95. The second kappa shape index (κ2) is 5.50. The summed E-state index contributed by atoms with van der Waals surface area (Å²) in [5.74, 6) is 0. The van der Waals surface area contributed by atoms with Gasteiger partial charge in [0.25, 0.3) is 0 Å². The molecular formula is C14H28N2. The van der Waals surface area contributed by atoms with Crippen LogP contribution in [0.5, 0.6) is 0 Å². The quantitative estimate of drug-likeness (QED) is 0.689. The Bertz CT molecular complexity index is 205. The highest BCUT2D eigenvalue weighted by Crippen LogP contribution is 2.24. The molecule has 0 atom stereocenters. The van der Waals surface area contributed by atoms with Crippen molar-refractivity contribution in [2.45, 2.75) is 70.4 Å². The number of nitrogens with zero attached hydrogens (tertiary/aromatic N) is 1. The minimum absolute atomic E-state index is 0.308. The van der Waals surface area contributed by atoms with Gasteiger partial charge in [0, 0.05) is 18.1 Å². The van der Waals surface area contributed by atoms with Crippen molar-refractivity contribution in [3.8, 4) is 0 Å². The third-order valence-corrected chi connectivity index (χ3v) is 4.17. The lowest BCUT2D eigenvalue weighted by Crippen LogP contribution is -2.49. The Kier molecular flexibility index (Phi) is 4.26. The zero-order chi connectivity index (χ0) is 11.4. The third-order valence-electron chi connectivity index (χ3n) is 4.17. The molecule has 2 aliphatic rings. The van der Waals surface area contributed by atoms with E-state index in [1.165, 1.54) is 64.6 Å². The molecule has 0 amide bonds. The van der Waals surface area contributed by atoms with Gasteiger partial charge in [-0.05, 0) is 46.2 Å². The monoisotopic (exact) mass is 224 g/mol. The maximum Gasteiger partial charge on any atom is 0.0252 e. The maximum atomic E-state index is 3.66. The second-order valence-corrected chi connectivity index (χ2v) is 6.28. The van der Waals surface area contributed by atoms with Crippen molar-refractivity contribution in [2.75, 3.05) is 19.6 Å². The molecule has 1 aliphatic heterocycles. The van der Waals surface area contributed by atoms with Gasteiger partial charge < -0.3 is 5.32 Å². The molecule has 2 fully saturated rings. The predicted molar refractivity (Wildman–Crippen MR) is 69.8 cm³/mol. The Labute approximate surface area is 101 Å². The molecule has 1 heterocycles. The highest BCUT2D eigenvalue weighted by Gasteiger charge is 2.28. The summed E-state index contributed by atoms with van der Waals surface area (Å²) in [6, 6.07) is 0.877. The first kappa shape index (κ1) is 12.4. The van der Waals surface area contributed by atoms with Crippen LogP contribution < -0.4 is 5.32 Å². The number of nitrogens with one attached hydrogen (secondary N) is 1. The van der Waals surface area contributed by atoms with Gasteiger partial charge in [0.15, 0.2) is 0 Å². The van der Waals surface area contributed by atoms with Gasteiger partial charge in [0.1, 0.15) is 0 Å². The van der Waals surface area contributed by atoms with Gasteiger partial charge in [0.05, 0.1) is 0 Å². The Morgan fingerprint density at radius 1 is 1.00 bits per heavy atom. The minimum atomic E-state index is 0.308. The first-order valence-corrected chi connectivity index (χ1v) is 7.16. The van der Waals surface area contributed by atoms with Crippen LogP contribution in [0, 0.1) is 0 Å². The summed E-state index contributed by atoms with van der Waals surface area (Å²) >= 11 is 0. The van der Waals surface area contributed by atoms with Crippen molar-refractivity contribution >= 4 is 0 Å². The molecule has 1 saturated carbocycles. The summed E-state index contributed by atoms with van der Waals surface area (Å²) in [5.41, 5.74) is 0.308. The molecule has 0 unspecified atom stereocenters. The fourth-order valence-corrected chi connectivity index (χ4v) is 3.29. The van der Waals surface area contributed by atoms with Crippen molar-refractivity contribution in [3.63, 3.8) is 0 Å². The van der Waals surface area contributed by atoms with E-state index in [-0.39, 0.29) is 0 Å². The van der Waals surface area contributed by atoms with Gasteiger partial charge in [-0.2, -0.15) is 0 Å². The highest BCUT2D eigenvalue weighted by molar-refractivity contribution is 4.88. The van der Waals surface area contributed by atoms with Crippen LogP contribution in [0.3, 0.4) is 0 Å². The molecule has 16 heavy (non-hydrogen) atoms. The molecule has 0 radical (unpaired) electrons. The summed E-state index contributed by atoms with van der Waals surface area (Å²) in [6.45, 7) is 8.43. The van der Waals surface area contributed by atoms with E-state index in [2.05, 4.69) is 24.1 Å². The molecule has 94 valence electrons. The topological polar surface area (TPSA) is 15.3 Å². The van der Waals surface area contributed by atoms with Gasteiger partial charge >= 0.3 is 0 Å². The van der Waals surface area contributed by atoms with E-state index >= 15 is 0 Å². The van der Waals surface area contributed by atoms with Crippen molar-refractivity contribution in [2.24, 2.45) is 0 Å². The number of hydrogen-bond donors (Lipinski definition) is 1. The summed E-state index contributed by atoms with van der Waals surface area (Å²) < 4.78 is 0. The maximum absolute atomic E-state index is 3.66. The van der Waals surface area contributed by atoms with E-state index in [0.29, 0.717) is 5.54 Å². The van der Waals surface area contributed by atoms with Crippen molar-refractivity contribution in [1.82, 2.24) is 10.2 Å². The third kappa shape index (κ3) is 3.46. The lowest BCUT2D eigenvalue weighted by atomic mass is 10.0. The van der Waals surface area contributed by atoms with Crippen LogP contribution >= 0.6 is 0 Å². The molecule has 2 heteroatoms. The molecule has 0 spiro atoms. The van der Waals surface area contributed by atoms with Crippen molar-refractivity contribution in [1.29, 1.82) is 0 Å². The Morgan fingerprint density at radius 2 is 1.69 bits per heavy atom. The molecule has 0 bridgehead atoms. The second-order valence-electron chi connectivity index (χ2n) is 6.28. The van der Waals surface area contributed by atoms with Crippen LogP contribution in [0.25, 0.3) is 0 Å². The zero-order valence-corrected chi connectivity index (χ0v) is 11.1. The SMILES string of the molecule is CC1(C)CN(C2CCCCCC2)CCCN1. The lowest BCUT2D eigenvalue weighted by Gasteiger charge is -2.35. The smallest absolute Gasteiger partial charge is 0.0252 e. The Morgan fingerprint density at radius 3 is 2.38 bits per heavy atom. The highest BCUT2D eigenvalue weighted by atomic mass is 15.2. The molecular weight excluding hydrogens is 196 g/mol. The number of rotatable bonds is 1. The van der Waals surface area contributed by atoms with E-state index in [0.717, 1.165) is 6.04 Å². The molecule has 2 rings (SSSR count). The Hall–Kier alpha value is -0.0800. The van der Waals surface area contributed by atoms with Gasteiger partial charge in [-0.3, -0.25) is 4.90 Å². The summed E-state index contributed by atoms with van der Waals surface area (Å²) in [7, 11) is 0. The van der Waals surface area contributed by atoms with Gasteiger partial charge in [0.2, 0.25) is 0 Å². The average molecular weight is 224 g/mol. The standard InChI is InChI=1S/C14H28N2/c1-14(2)12-16(11-7-10-15-14)13-8-5-3-4-6-9-13/h13,15H,3-12H2,1-2H3. The van der Waals surface area contributed by atoms with Gasteiger partial charge in [-0.15, -0.1) is 0 Å². The van der Waals surface area contributed by atoms with Crippen LogP contribution in [0.1, 0.15) is 58.8 Å². The molecule has 2 nitrogen and oxygen atoms in total. The summed E-state index contributed by atoms with van der Waals surface area (Å²) in [5, 5.41) is 3.66. The molecule has 0 aromatic rings. The van der Waals surface area contributed by atoms with E-state index < -0.39 is 0 Å². The van der Waals surface area contributed by atoms with Crippen LogP contribution in [-0.2, 0) is 0 Å². The fraction of sp³-hybridized carbons (Fsp3) is 1.00. The first-order valence-electron chi connectivity index (χ1n) is 7.16. The molecule has 1 aliphatic carbocycles. The normalized spacial score (nSPS) is 29.6. The molecule has 0 aromatic carbocycles. The fourth-order valence-electron chi connectivity index (χ4n) is 3.29. The molecule has 1 N–H and O–H groups in total. The number of hydrogen-bond acceptors (Lipinski definition) is 2. The van der Waals surface area contributed by atoms with Gasteiger partial charge in [-0.1, -0.05) is 25.7 Å². The van der Waals surface area contributed by atoms with Crippen LogP contribution in [-0.4, -0.2) is 36.1 Å². The van der Waals surface area contributed by atoms with Crippen LogP contribution in [0.2, 0.25) is 0 Å². The summed E-state index contributed by atoms with van der Waals surface area (Å²) in [4.78, 5) is 2.77. The van der Waals surface area contributed by atoms with Crippen molar-refractivity contribution < 1.29 is 0 Å². The van der Waals surface area contributed by atoms with Crippen molar-refractivity contribution in [3.05, 3.63) is 0 Å². The predicted octanol–water partition coefficient (Wildman–Crippen LogP) is 2.78. The van der Waals surface area contributed by atoms with E-state index in [1.807, 2.05) is 0 Å². The summed E-state index contributed by atoms with van der Waals surface area (Å²) in [6.07, 6.45) is 10.0. The molecule has 1 saturated heterocycles. The average Bonchev–Trinajstić information content (AvgIpc) is 2.57.